The average Bonchev–Trinajstić information content (AvgIpc) is 2.73. The largest absolute Gasteiger partial charge is 0.422 e. The number of benzene rings is 3. The number of carbonyl (C=O) groups excluding carboxylic acids is 2. The number of hydrogen-bond acceptors (Lipinski definition) is 3. The van der Waals surface area contributed by atoms with Gasteiger partial charge in [0.2, 0.25) is 0 Å². The van der Waals surface area contributed by atoms with E-state index in [1.807, 2.05) is 6.92 Å². The Morgan fingerprint density at radius 2 is 1.72 bits per heavy atom. The maximum Gasteiger partial charge on any atom is 0.343 e. The van der Waals surface area contributed by atoms with Gasteiger partial charge in [-0.3, -0.25) is 4.79 Å². The smallest absolute Gasteiger partial charge is 0.343 e. The van der Waals surface area contributed by atoms with Gasteiger partial charge in [-0.1, -0.05) is 31.2 Å². The van der Waals surface area contributed by atoms with E-state index < -0.39 is 23.5 Å². The van der Waals surface area contributed by atoms with Crippen LogP contribution in [-0.2, 0) is 0 Å². The molecule has 0 radical (unpaired) electrons. The highest BCUT2D eigenvalue weighted by Crippen LogP contribution is 2.29. The Morgan fingerprint density at radius 3 is 2.41 bits per heavy atom. The molecule has 0 aliphatic rings. The topological polar surface area (TPSA) is 55.4 Å². The summed E-state index contributed by atoms with van der Waals surface area (Å²) in [6.45, 7) is 2.33. The van der Waals surface area contributed by atoms with E-state index in [1.54, 1.807) is 30.3 Å². The first-order valence-corrected chi connectivity index (χ1v) is 9.14. The van der Waals surface area contributed by atoms with Crippen LogP contribution in [0.2, 0.25) is 0 Å². The van der Waals surface area contributed by atoms with Gasteiger partial charge in [0.1, 0.15) is 17.4 Å². The zero-order valence-electron chi connectivity index (χ0n) is 15.7. The summed E-state index contributed by atoms with van der Waals surface area (Å²) in [5.41, 5.74) is 0.922. The van der Waals surface area contributed by atoms with Gasteiger partial charge in [-0.2, -0.15) is 0 Å². The van der Waals surface area contributed by atoms with Crippen molar-refractivity contribution >= 4 is 11.9 Å². The third kappa shape index (κ3) is 4.85. The van der Waals surface area contributed by atoms with Crippen LogP contribution in [0.4, 0.5) is 8.78 Å². The summed E-state index contributed by atoms with van der Waals surface area (Å²) in [5, 5.41) is 2.72. The molecule has 148 valence electrons. The van der Waals surface area contributed by atoms with Crippen LogP contribution in [0.5, 0.6) is 5.75 Å². The molecule has 0 saturated heterocycles. The first-order chi connectivity index (χ1) is 14.0. The molecule has 0 saturated carbocycles. The highest BCUT2D eigenvalue weighted by molar-refractivity contribution is 6.00. The maximum absolute atomic E-state index is 14.2. The molecule has 4 nitrogen and oxygen atoms in total. The minimum absolute atomic E-state index is 0.0544. The lowest BCUT2D eigenvalue weighted by Gasteiger charge is -2.13. The molecule has 0 aliphatic heterocycles. The van der Waals surface area contributed by atoms with Crippen LogP contribution in [0.15, 0.2) is 66.7 Å². The molecular weight excluding hydrogens is 376 g/mol. The number of esters is 1. The first kappa shape index (κ1) is 20.2. The fourth-order valence-corrected chi connectivity index (χ4v) is 2.75. The SMILES string of the molecule is CCCNC(=O)c1cc(-c2ccc(F)cc2F)ccc1OC(=O)c1ccccc1. The molecule has 0 fully saturated rings. The Bertz CT molecular complexity index is 1040. The van der Waals surface area contributed by atoms with Gasteiger partial charge in [0.25, 0.3) is 5.91 Å². The quantitative estimate of drug-likeness (QED) is 0.473. The fourth-order valence-electron chi connectivity index (χ4n) is 2.75. The van der Waals surface area contributed by atoms with Gasteiger partial charge in [0.15, 0.2) is 0 Å². The van der Waals surface area contributed by atoms with Crippen LogP contribution in [0.25, 0.3) is 11.1 Å². The standard InChI is InChI=1S/C23H19F2NO3/c1-2-12-26-22(27)19-13-16(18-10-9-17(24)14-20(18)25)8-11-21(19)29-23(28)15-6-4-3-5-7-15/h3-11,13-14H,2,12H2,1H3,(H,26,27). The number of nitrogens with one attached hydrogen (secondary N) is 1. The van der Waals surface area contributed by atoms with E-state index in [4.69, 9.17) is 4.74 Å². The number of rotatable bonds is 6. The first-order valence-electron chi connectivity index (χ1n) is 9.14. The van der Waals surface area contributed by atoms with Crippen molar-refractivity contribution in [1.82, 2.24) is 5.32 Å². The highest BCUT2D eigenvalue weighted by Gasteiger charge is 2.18. The van der Waals surface area contributed by atoms with Crippen molar-refractivity contribution in [1.29, 1.82) is 0 Å². The molecule has 1 amide bonds. The lowest BCUT2D eigenvalue weighted by molar-refractivity contribution is 0.0732. The summed E-state index contributed by atoms with van der Waals surface area (Å²) in [5.74, 6) is -2.46. The Hall–Kier alpha value is -3.54. The highest BCUT2D eigenvalue weighted by atomic mass is 19.1. The van der Waals surface area contributed by atoms with Gasteiger partial charge < -0.3 is 10.1 Å². The van der Waals surface area contributed by atoms with Crippen LogP contribution in [0.1, 0.15) is 34.1 Å². The molecule has 1 N–H and O–H groups in total. The number of ether oxygens (including phenoxy) is 1. The van der Waals surface area contributed by atoms with Gasteiger partial charge in [-0.05, 0) is 48.4 Å². The molecule has 3 aromatic carbocycles. The third-order valence-electron chi connectivity index (χ3n) is 4.21. The minimum Gasteiger partial charge on any atom is -0.422 e. The fraction of sp³-hybridized carbons (Fsp3) is 0.130. The van der Waals surface area contributed by atoms with E-state index in [1.165, 1.54) is 24.3 Å². The van der Waals surface area contributed by atoms with Crippen LogP contribution in [0, 0.1) is 11.6 Å². The van der Waals surface area contributed by atoms with E-state index in [0.717, 1.165) is 18.6 Å². The van der Waals surface area contributed by atoms with E-state index in [9.17, 15) is 18.4 Å². The molecule has 0 unspecified atom stereocenters. The molecule has 6 heteroatoms. The van der Waals surface area contributed by atoms with Gasteiger partial charge in [0.05, 0.1) is 11.1 Å². The van der Waals surface area contributed by atoms with Crippen molar-refractivity contribution in [2.45, 2.75) is 13.3 Å². The summed E-state index contributed by atoms with van der Waals surface area (Å²) < 4.78 is 32.8. The third-order valence-corrected chi connectivity index (χ3v) is 4.21. The van der Waals surface area contributed by atoms with E-state index in [2.05, 4.69) is 5.32 Å². The Morgan fingerprint density at radius 1 is 0.966 bits per heavy atom. The summed E-state index contributed by atoms with van der Waals surface area (Å²) in [7, 11) is 0. The summed E-state index contributed by atoms with van der Waals surface area (Å²) in [4.78, 5) is 25.0. The van der Waals surface area contributed by atoms with E-state index in [-0.39, 0.29) is 16.9 Å². The normalized spacial score (nSPS) is 10.4. The molecule has 0 aliphatic carbocycles. The van der Waals surface area contributed by atoms with Crippen LogP contribution >= 0.6 is 0 Å². The average molecular weight is 395 g/mol. The zero-order chi connectivity index (χ0) is 20.8. The number of amides is 1. The molecule has 29 heavy (non-hydrogen) atoms. The Balaban J connectivity index is 1.99. The molecular formula is C23H19F2NO3. The lowest BCUT2D eigenvalue weighted by Crippen LogP contribution is -2.25. The number of hydrogen-bond donors (Lipinski definition) is 1. The van der Waals surface area contributed by atoms with E-state index in [0.29, 0.717) is 17.7 Å². The second kappa shape index (κ2) is 9.10. The van der Waals surface area contributed by atoms with Crippen molar-refractivity contribution in [3.05, 3.63) is 89.5 Å². The Kier molecular flexibility index (Phi) is 6.34. The maximum atomic E-state index is 14.2. The van der Waals surface area contributed by atoms with Gasteiger partial charge in [-0.15, -0.1) is 0 Å². The monoisotopic (exact) mass is 395 g/mol. The van der Waals surface area contributed by atoms with Gasteiger partial charge in [-0.25, -0.2) is 13.6 Å². The van der Waals surface area contributed by atoms with Crippen molar-refractivity contribution in [3.63, 3.8) is 0 Å². The van der Waals surface area contributed by atoms with Gasteiger partial charge in [0, 0.05) is 18.2 Å². The predicted octanol–water partition coefficient (Wildman–Crippen LogP) is 4.99. The molecule has 0 bridgehead atoms. The number of halogens is 2. The molecule has 3 rings (SSSR count). The van der Waals surface area contributed by atoms with Gasteiger partial charge >= 0.3 is 5.97 Å². The zero-order valence-corrected chi connectivity index (χ0v) is 15.7. The molecule has 0 aromatic heterocycles. The minimum atomic E-state index is -0.751. The summed E-state index contributed by atoms with van der Waals surface area (Å²) in [6, 6.07) is 15.9. The number of carbonyl (C=O) groups is 2. The second-order valence-electron chi connectivity index (χ2n) is 6.35. The summed E-state index contributed by atoms with van der Waals surface area (Å²) >= 11 is 0. The molecule has 0 heterocycles. The molecule has 0 spiro atoms. The molecule has 3 aromatic rings. The van der Waals surface area contributed by atoms with Crippen molar-refractivity contribution in [2.24, 2.45) is 0 Å². The van der Waals surface area contributed by atoms with Crippen molar-refractivity contribution in [2.75, 3.05) is 6.54 Å². The second-order valence-corrected chi connectivity index (χ2v) is 6.35. The lowest BCUT2D eigenvalue weighted by atomic mass is 10.0. The van der Waals surface area contributed by atoms with Crippen molar-refractivity contribution < 1.29 is 23.1 Å². The molecule has 0 atom stereocenters. The van der Waals surface area contributed by atoms with E-state index >= 15 is 0 Å². The van der Waals surface area contributed by atoms with Crippen LogP contribution in [-0.4, -0.2) is 18.4 Å². The summed E-state index contributed by atoms with van der Waals surface area (Å²) in [6.07, 6.45) is 0.719. The predicted molar refractivity (Wildman–Crippen MR) is 106 cm³/mol. The Labute approximate surface area is 167 Å². The van der Waals surface area contributed by atoms with Crippen LogP contribution in [0.3, 0.4) is 0 Å². The van der Waals surface area contributed by atoms with Crippen molar-refractivity contribution in [3.8, 4) is 16.9 Å². The van der Waals surface area contributed by atoms with Crippen LogP contribution < -0.4 is 10.1 Å².